The zero-order chi connectivity index (χ0) is 14.3. The summed E-state index contributed by atoms with van der Waals surface area (Å²) in [6.45, 7) is 1.93. The van der Waals surface area contributed by atoms with Crippen LogP contribution in [-0.4, -0.2) is 22.9 Å². The number of amides is 1. The van der Waals surface area contributed by atoms with Crippen LogP contribution in [0, 0.1) is 11.6 Å². The zero-order valence-corrected chi connectivity index (χ0v) is 11.4. The first-order valence-corrected chi connectivity index (χ1v) is 7.15. The maximum Gasteiger partial charge on any atom is 0.241 e. The van der Waals surface area contributed by atoms with E-state index < -0.39 is 17.8 Å². The summed E-state index contributed by atoms with van der Waals surface area (Å²) in [5, 5.41) is 3.18. The van der Waals surface area contributed by atoms with E-state index in [9.17, 15) is 13.6 Å². The highest BCUT2D eigenvalue weighted by atomic mass is 19.1. The number of hydrogen-bond donors (Lipinski definition) is 1. The lowest BCUT2D eigenvalue weighted by Gasteiger charge is -2.38. The number of benzene rings is 1. The summed E-state index contributed by atoms with van der Waals surface area (Å²) in [7, 11) is 0. The summed E-state index contributed by atoms with van der Waals surface area (Å²) in [5.41, 5.74) is 0.350. The van der Waals surface area contributed by atoms with E-state index in [4.69, 9.17) is 0 Å². The van der Waals surface area contributed by atoms with Crippen molar-refractivity contribution >= 4 is 5.91 Å². The molecule has 2 unspecified atom stereocenters. The third-order valence-corrected chi connectivity index (χ3v) is 4.32. The van der Waals surface area contributed by atoms with E-state index in [2.05, 4.69) is 5.32 Å². The van der Waals surface area contributed by atoms with E-state index in [1.54, 1.807) is 4.90 Å². The van der Waals surface area contributed by atoms with Gasteiger partial charge in [-0.05, 0) is 37.8 Å². The van der Waals surface area contributed by atoms with Crippen LogP contribution < -0.4 is 5.32 Å². The number of carbonyl (C=O) groups is 1. The van der Waals surface area contributed by atoms with Crippen LogP contribution in [0.1, 0.15) is 44.3 Å². The third kappa shape index (κ3) is 2.10. The lowest BCUT2D eigenvalue weighted by Crippen LogP contribution is -2.44. The van der Waals surface area contributed by atoms with Crippen molar-refractivity contribution in [2.75, 3.05) is 0 Å². The first kappa shape index (κ1) is 13.5. The molecule has 20 heavy (non-hydrogen) atoms. The predicted molar refractivity (Wildman–Crippen MR) is 70.8 cm³/mol. The van der Waals surface area contributed by atoms with Gasteiger partial charge in [-0.15, -0.1) is 0 Å². The molecule has 0 aromatic heterocycles. The molecule has 0 spiro atoms. The molecule has 3 rings (SSSR count). The van der Waals surface area contributed by atoms with Crippen LogP contribution in [0.2, 0.25) is 0 Å². The number of hydrogen-bond acceptors (Lipinski definition) is 2. The molecule has 1 aromatic rings. The SMILES string of the molecule is CCC1NC(c2ccc(F)cc2F)N(C2CCC2)C1=O. The minimum atomic E-state index is -0.601. The molecule has 3 nitrogen and oxygen atoms in total. The molecule has 1 aliphatic carbocycles. The van der Waals surface area contributed by atoms with Crippen LogP contribution in [0.25, 0.3) is 0 Å². The molecule has 1 N–H and O–H groups in total. The molecule has 2 fully saturated rings. The Balaban J connectivity index is 1.94. The van der Waals surface area contributed by atoms with Crippen LogP contribution in [0.3, 0.4) is 0 Å². The Morgan fingerprint density at radius 3 is 2.65 bits per heavy atom. The van der Waals surface area contributed by atoms with Gasteiger partial charge in [0.25, 0.3) is 0 Å². The Kier molecular flexibility index (Phi) is 3.46. The lowest BCUT2D eigenvalue weighted by atomic mass is 9.90. The quantitative estimate of drug-likeness (QED) is 0.923. The molecule has 0 bridgehead atoms. The molecule has 2 aliphatic rings. The summed E-state index contributed by atoms with van der Waals surface area (Å²) in [5.74, 6) is -1.17. The van der Waals surface area contributed by atoms with Crippen molar-refractivity contribution in [1.82, 2.24) is 10.2 Å². The smallest absolute Gasteiger partial charge is 0.241 e. The van der Waals surface area contributed by atoms with E-state index >= 15 is 0 Å². The van der Waals surface area contributed by atoms with E-state index in [-0.39, 0.29) is 18.0 Å². The van der Waals surface area contributed by atoms with E-state index in [0.29, 0.717) is 12.0 Å². The van der Waals surface area contributed by atoms with Gasteiger partial charge in [-0.1, -0.05) is 6.92 Å². The zero-order valence-electron chi connectivity index (χ0n) is 11.4. The Bertz CT molecular complexity index is 531. The first-order valence-electron chi connectivity index (χ1n) is 7.15. The van der Waals surface area contributed by atoms with Gasteiger partial charge in [0, 0.05) is 17.7 Å². The molecule has 2 atom stereocenters. The van der Waals surface area contributed by atoms with Crippen molar-refractivity contribution in [1.29, 1.82) is 0 Å². The van der Waals surface area contributed by atoms with Crippen molar-refractivity contribution in [3.05, 3.63) is 35.4 Å². The minimum Gasteiger partial charge on any atom is -0.318 e. The van der Waals surface area contributed by atoms with Crippen molar-refractivity contribution < 1.29 is 13.6 Å². The molecule has 1 heterocycles. The van der Waals surface area contributed by atoms with Gasteiger partial charge >= 0.3 is 0 Å². The van der Waals surface area contributed by atoms with Gasteiger partial charge in [0.1, 0.15) is 17.8 Å². The highest BCUT2D eigenvalue weighted by Gasteiger charge is 2.44. The molecule has 1 saturated heterocycles. The number of halogens is 2. The van der Waals surface area contributed by atoms with Crippen LogP contribution in [0.4, 0.5) is 8.78 Å². The third-order valence-electron chi connectivity index (χ3n) is 4.32. The Morgan fingerprint density at radius 1 is 1.35 bits per heavy atom. The molecule has 1 aromatic carbocycles. The predicted octanol–water partition coefficient (Wildman–Crippen LogP) is 2.73. The normalized spacial score (nSPS) is 26.9. The molecular formula is C15H18F2N2O. The molecule has 0 radical (unpaired) electrons. The molecule has 1 aliphatic heterocycles. The monoisotopic (exact) mass is 280 g/mol. The second kappa shape index (κ2) is 5.13. The van der Waals surface area contributed by atoms with Gasteiger partial charge in [0.05, 0.1) is 6.04 Å². The van der Waals surface area contributed by atoms with E-state index in [1.165, 1.54) is 12.1 Å². The Labute approximate surface area is 117 Å². The molecule has 1 saturated carbocycles. The number of nitrogens with one attached hydrogen (secondary N) is 1. The van der Waals surface area contributed by atoms with E-state index in [0.717, 1.165) is 25.3 Å². The topological polar surface area (TPSA) is 32.3 Å². The summed E-state index contributed by atoms with van der Waals surface area (Å²) in [6.07, 6.45) is 3.22. The minimum absolute atomic E-state index is 0.0333. The highest BCUT2D eigenvalue weighted by molar-refractivity contribution is 5.85. The molecule has 5 heteroatoms. The van der Waals surface area contributed by atoms with Crippen LogP contribution in [-0.2, 0) is 4.79 Å². The van der Waals surface area contributed by atoms with Gasteiger partial charge in [0.15, 0.2) is 0 Å². The van der Waals surface area contributed by atoms with Crippen molar-refractivity contribution in [3.63, 3.8) is 0 Å². The molecule has 108 valence electrons. The standard InChI is InChI=1S/C15H18F2N2O/c1-2-13-15(20)19(10-4-3-5-10)14(18-13)11-7-6-9(16)8-12(11)17/h6-8,10,13-14,18H,2-5H2,1H3. The summed E-state index contributed by atoms with van der Waals surface area (Å²) < 4.78 is 27.0. The van der Waals surface area contributed by atoms with Crippen LogP contribution in [0.15, 0.2) is 18.2 Å². The fourth-order valence-corrected chi connectivity index (χ4v) is 2.96. The first-order chi connectivity index (χ1) is 9.61. The average Bonchev–Trinajstić information content (AvgIpc) is 2.66. The largest absolute Gasteiger partial charge is 0.318 e. The van der Waals surface area contributed by atoms with Gasteiger partial charge in [-0.2, -0.15) is 0 Å². The second-order valence-corrected chi connectivity index (χ2v) is 5.53. The van der Waals surface area contributed by atoms with Gasteiger partial charge in [-0.25, -0.2) is 8.78 Å². The number of carbonyl (C=O) groups excluding carboxylic acids is 1. The van der Waals surface area contributed by atoms with E-state index in [1.807, 2.05) is 6.92 Å². The van der Waals surface area contributed by atoms with Gasteiger partial charge in [0.2, 0.25) is 5.91 Å². The summed E-state index contributed by atoms with van der Waals surface area (Å²) >= 11 is 0. The number of nitrogens with zero attached hydrogens (tertiary/aromatic N) is 1. The number of rotatable bonds is 3. The average molecular weight is 280 g/mol. The molecular weight excluding hydrogens is 262 g/mol. The van der Waals surface area contributed by atoms with Crippen molar-refractivity contribution in [3.8, 4) is 0 Å². The maximum absolute atomic E-state index is 14.0. The van der Waals surface area contributed by atoms with Gasteiger partial charge in [-0.3, -0.25) is 10.1 Å². The molecule has 1 amide bonds. The lowest BCUT2D eigenvalue weighted by molar-refractivity contribution is -0.134. The second-order valence-electron chi connectivity index (χ2n) is 5.53. The fourth-order valence-electron chi connectivity index (χ4n) is 2.96. The maximum atomic E-state index is 14.0. The Hall–Kier alpha value is -1.49. The van der Waals surface area contributed by atoms with Crippen molar-refractivity contribution in [2.45, 2.75) is 50.9 Å². The van der Waals surface area contributed by atoms with Crippen LogP contribution in [0.5, 0.6) is 0 Å². The Morgan fingerprint density at radius 2 is 2.10 bits per heavy atom. The van der Waals surface area contributed by atoms with Gasteiger partial charge < -0.3 is 4.90 Å². The summed E-state index contributed by atoms with van der Waals surface area (Å²) in [6, 6.07) is 3.45. The van der Waals surface area contributed by atoms with Crippen molar-refractivity contribution in [2.24, 2.45) is 0 Å². The fraction of sp³-hybridized carbons (Fsp3) is 0.533. The summed E-state index contributed by atoms with van der Waals surface area (Å²) in [4.78, 5) is 14.2. The highest BCUT2D eigenvalue weighted by Crippen LogP contribution is 2.36. The van der Waals surface area contributed by atoms with Crippen LogP contribution >= 0.6 is 0 Å².